The Hall–Kier alpha value is -1.63. The smallest absolute Gasteiger partial charge is 0.217 e. The SMILES string of the molecule is C#CCCCC(NC=O)C(=O)C=O. The van der Waals surface area contributed by atoms with Gasteiger partial charge in [0.15, 0.2) is 6.29 Å². The third-order valence-corrected chi connectivity index (χ3v) is 1.54. The number of ketones is 1. The molecule has 1 amide bonds. The van der Waals surface area contributed by atoms with Crippen molar-refractivity contribution in [2.45, 2.75) is 25.3 Å². The zero-order chi connectivity index (χ0) is 10.1. The number of Topliss-reactive ketones (excluding diaryl/α,β-unsaturated/α-hetero) is 1. The van der Waals surface area contributed by atoms with Crippen molar-refractivity contribution < 1.29 is 14.4 Å². The molecule has 4 heteroatoms. The Morgan fingerprint density at radius 1 is 1.54 bits per heavy atom. The van der Waals surface area contributed by atoms with Crippen LogP contribution in [0.5, 0.6) is 0 Å². The van der Waals surface area contributed by atoms with E-state index in [0.29, 0.717) is 25.7 Å². The van der Waals surface area contributed by atoms with Crippen LogP contribution in [0.3, 0.4) is 0 Å². The van der Waals surface area contributed by atoms with E-state index < -0.39 is 11.8 Å². The molecule has 1 atom stereocenters. The van der Waals surface area contributed by atoms with Gasteiger partial charge in [-0.05, 0) is 12.8 Å². The number of terminal acetylenes is 1. The van der Waals surface area contributed by atoms with Crippen molar-refractivity contribution in [3.63, 3.8) is 0 Å². The van der Waals surface area contributed by atoms with Crippen molar-refractivity contribution in [2.24, 2.45) is 0 Å². The summed E-state index contributed by atoms with van der Waals surface area (Å²) in [6.45, 7) is 0. The molecule has 0 aliphatic rings. The van der Waals surface area contributed by atoms with Crippen molar-refractivity contribution >= 4 is 18.5 Å². The van der Waals surface area contributed by atoms with E-state index in [2.05, 4.69) is 11.2 Å². The lowest BCUT2D eigenvalue weighted by Gasteiger charge is -2.09. The molecule has 0 saturated carbocycles. The molecule has 0 aromatic carbocycles. The van der Waals surface area contributed by atoms with Crippen LogP contribution in [0, 0.1) is 12.3 Å². The lowest BCUT2D eigenvalue weighted by Crippen LogP contribution is -2.36. The molecule has 0 spiro atoms. The third-order valence-electron chi connectivity index (χ3n) is 1.54. The van der Waals surface area contributed by atoms with Crippen LogP contribution >= 0.6 is 0 Å². The second-order valence-corrected chi connectivity index (χ2v) is 2.45. The molecular formula is C9H11NO3. The van der Waals surface area contributed by atoms with Crippen molar-refractivity contribution in [1.29, 1.82) is 0 Å². The molecule has 0 radical (unpaired) electrons. The Kier molecular flexibility index (Phi) is 6.16. The fraction of sp³-hybridized carbons (Fsp3) is 0.444. The highest BCUT2D eigenvalue weighted by Gasteiger charge is 2.15. The minimum absolute atomic E-state index is 0.205. The summed E-state index contributed by atoms with van der Waals surface area (Å²) < 4.78 is 0. The standard InChI is InChI=1S/C9H11NO3/c1-2-3-4-5-8(10-7-12)9(13)6-11/h1,6-8H,3-5H2,(H,10,12). The molecule has 1 N–H and O–H groups in total. The molecule has 0 aliphatic carbocycles. The lowest BCUT2D eigenvalue weighted by molar-refractivity contribution is -0.132. The summed E-state index contributed by atoms with van der Waals surface area (Å²) in [7, 11) is 0. The Bertz CT molecular complexity index is 230. The van der Waals surface area contributed by atoms with E-state index in [1.807, 2.05) is 0 Å². The van der Waals surface area contributed by atoms with Crippen LogP contribution in [-0.4, -0.2) is 24.5 Å². The first-order chi connectivity index (χ1) is 6.26. The van der Waals surface area contributed by atoms with Crippen LogP contribution in [0.25, 0.3) is 0 Å². The third kappa shape index (κ3) is 4.75. The van der Waals surface area contributed by atoms with Gasteiger partial charge < -0.3 is 5.32 Å². The van der Waals surface area contributed by atoms with Gasteiger partial charge >= 0.3 is 0 Å². The van der Waals surface area contributed by atoms with Gasteiger partial charge in [-0.3, -0.25) is 14.4 Å². The van der Waals surface area contributed by atoms with E-state index in [0.717, 1.165) is 0 Å². The van der Waals surface area contributed by atoms with Gasteiger partial charge in [0, 0.05) is 6.42 Å². The fourth-order valence-corrected chi connectivity index (χ4v) is 0.880. The van der Waals surface area contributed by atoms with Crippen LogP contribution < -0.4 is 5.32 Å². The number of carbonyl (C=O) groups is 3. The number of hydrogen-bond acceptors (Lipinski definition) is 3. The second kappa shape index (κ2) is 7.04. The molecular weight excluding hydrogens is 170 g/mol. The highest BCUT2D eigenvalue weighted by molar-refractivity contribution is 6.27. The maximum Gasteiger partial charge on any atom is 0.217 e. The number of rotatable bonds is 7. The summed E-state index contributed by atoms with van der Waals surface area (Å²) in [4.78, 5) is 31.0. The summed E-state index contributed by atoms with van der Waals surface area (Å²) in [6, 6.07) is -0.719. The van der Waals surface area contributed by atoms with Crippen LogP contribution in [0.1, 0.15) is 19.3 Å². The Morgan fingerprint density at radius 2 is 2.23 bits per heavy atom. The van der Waals surface area contributed by atoms with Crippen LogP contribution in [0.2, 0.25) is 0 Å². The second-order valence-electron chi connectivity index (χ2n) is 2.45. The predicted octanol–water partition coefficient (Wildman–Crippen LogP) is -0.328. The maximum atomic E-state index is 10.9. The monoisotopic (exact) mass is 181 g/mol. The van der Waals surface area contributed by atoms with Crippen molar-refractivity contribution in [3.8, 4) is 12.3 Å². The molecule has 0 aliphatic heterocycles. The van der Waals surface area contributed by atoms with E-state index in [9.17, 15) is 14.4 Å². The Balaban J connectivity index is 3.94. The quantitative estimate of drug-likeness (QED) is 0.253. The maximum absolute atomic E-state index is 10.9. The van der Waals surface area contributed by atoms with Gasteiger partial charge in [0.05, 0.1) is 6.04 Å². The van der Waals surface area contributed by atoms with Gasteiger partial charge in [0.1, 0.15) is 0 Å². The minimum Gasteiger partial charge on any atom is -0.348 e. The van der Waals surface area contributed by atoms with E-state index >= 15 is 0 Å². The first-order valence-corrected chi connectivity index (χ1v) is 3.88. The molecule has 0 aromatic rings. The van der Waals surface area contributed by atoms with E-state index in [4.69, 9.17) is 6.42 Å². The molecule has 70 valence electrons. The van der Waals surface area contributed by atoms with Gasteiger partial charge in [-0.15, -0.1) is 12.3 Å². The minimum atomic E-state index is -0.719. The van der Waals surface area contributed by atoms with Crippen molar-refractivity contribution in [1.82, 2.24) is 5.32 Å². The largest absolute Gasteiger partial charge is 0.348 e. The van der Waals surface area contributed by atoms with Crippen molar-refractivity contribution in [3.05, 3.63) is 0 Å². The van der Waals surface area contributed by atoms with E-state index in [1.165, 1.54) is 0 Å². The van der Waals surface area contributed by atoms with Crippen LogP contribution in [0.15, 0.2) is 0 Å². The van der Waals surface area contributed by atoms with Crippen LogP contribution in [0.4, 0.5) is 0 Å². The number of aldehydes is 1. The zero-order valence-electron chi connectivity index (χ0n) is 7.16. The number of carbonyl (C=O) groups excluding carboxylic acids is 3. The summed E-state index contributed by atoms with van der Waals surface area (Å²) in [5.74, 6) is 1.79. The molecule has 0 aromatic heterocycles. The van der Waals surface area contributed by atoms with E-state index in [-0.39, 0.29) is 6.29 Å². The molecule has 0 rings (SSSR count). The Labute approximate surface area is 76.7 Å². The number of hydrogen-bond donors (Lipinski definition) is 1. The average molecular weight is 181 g/mol. The first-order valence-electron chi connectivity index (χ1n) is 3.88. The molecule has 1 unspecified atom stereocenters. The predicted molar refractivity (Wildman–Crippen MR) is 46.7 cm³/mol. The van der Waals surface area contributed by atoms with Gasteiger partial charge in [-0.25, -0.2) is 0 Å². The van der Waals surface area contributed by atoms with Gasteiger partial charge in [0.25, 0.3) is 0 Å². The fourth-order valence-electron chi connectivity index (χ4n) is 0.880. The topological polar surface area (TPSA) is 63.2 Å². The summed E-state index contributed by atoms with van der Waals surface area (Å²) in [6.07, 6.45) is 7.16. The molecule has 0 heterocycles. The normalized spacial score (nSPS) is 11.0. The lowest BCUT2D eigenvalue weighted by atomic mass is 10.1. The molecule has 0 fully saturated rings. The molecule has 0 saturated heterocycles. The zero-order valence-corrected chi connectivity index (χ0v) is 7.16. The highest BCUT2D eigenvalue weighted by Crippen LogP contribution is 2.00. The van der Waals surface area contributed by atoms with Crippen molar-refractivity contribution in [2.75, 3.05) is 0 Å². The average Bonchev–Trinajstić information content (AvgIpc) is 2.16. The number of unbranched alkanes of at least 4 members (excludes halogenated alkanes) is 1. The summed E-state index contributed by atoms with van der Waals surface area (Å²) >= 11 is 0. The highest BCUT2D eigenvalue weighted by atomic mass is 16.2. The van der Waals surface area contributed by atoms with Gasteiger partial charge in [-0.2, -0.15) is 0 Å². The van der Waals surface area contributed by atoms with Gasteiger partial charge in [-0.1, -0.05) is 0 Å². The first kappa shape index (κ1) is 11.4. The van der Waals surface area contributed by atoms with Crippen LogP contribution in [-0.2, 0) is 14.4 Å². The summed E-state index contributed by atoms with van der Waals surface area (Å²) in [5, 5.41) is 2.26. The number of nitrogens with one attached hydrogen (secondary N) is 1. The Morgan fingerprint density at radius 3 is 2.69 bits per heavy atom. The van der Waals surface area contributed by atoms with Gasteiger partial charge in [0.2, 0.25) is 12.2 Å². The molecule has 0 bridgehead atoms. The summed E-state index contributed by atoms with van der Waals surface area (Å²) in [5.41, 5.74) is 0. The molecule has 13 heavy (non-hydrogen) atoms. The number of amides is 1. The molecule has 4 nitrogen and oxygen atoms in total. The van der Waals surface area contributed by atoms with E-state index in [1.54, 1.807) is 0 Å².